The number of carbonyl (C=O) groups excluding carboxylic acids is 3. The van der Waals surface area contributed by atoms with Gasteiger partial charge in [0, 0.05) is 5.39 Å². The number of hydrogen-bond donors (Lipinski definition) is 3. The van der Waals surface area contributed by atoms with Gasteiger partial charge in [-0.3, -0.25) is 9.59 Å². The van der Waals surface area contributed by atoms with Gasteiger partial charge >= 0.3 is 12.1 Å². The molecule has 0 aromatic heterocycles. The number of fused-ring (bicyclic) bond motifs is 1. The maximum Gasteiger partial charge on any atom is 0.408 e. The van der Waals surface area contributed by atoms with Crippen LogP contribution in [0.4, 0.5) is 4.79 Å². The molecule has 3 N–H and O–H groups in total. The third-order valence-corrected chi connectivity index (χ3v) is 5.25. The highest BCUT2D eigenvalue weighted by molar-refractivity contribution is 5.99. The summed E-state index contributed by atoms with van der Waals surface area (Å²) in [6.07, 6.45) is -0.779. The standard InChI is InChI=1S/C27H30N2O6/c1-27(2,3)35-26(33)28-16-24(31)29-22(15-25(32)34-4)18-11-9-17(10-12-18)19-13-14-23(30)21-8-6-5-7-20(19)21/h5-14,22,30H,15-16H2,1-4H3,(H,28,33)(H,29,31)/t22-/m0/s1. The molecule has 8 heteroatoms. The van der Waals surface area contributed by atoms with Gasteiger partial charge in [-0.1, -0.05) is 54.6 Å². The normalized spacial score (nSPS) is 12.0. The molecule has 0 aliphatic rings. The minimum absolute atomic E-state index is 0.0732. The summed E-state index contributed by atoms with van der Waals surface area (Å²) in [7, 11) is 1.28. The van der Waals surface area contributed by atoms with Crippen LogP contribution in [0.2, 0.25) is 0 Å². The topological polar surface area (TPSA) is 114 Å². The van der Waals surface area contributed by atoms with E-state index >= 15 is 0 Å². The van der Waals surface area contributed by atoms with Crippen molar-refractivity contribution in [2.45, 2.75) is 38.8 Å². The smallest absolute Gasteiger partial charge is 0.408 e. The number of alkyl carbamates (subject to hydrolysis) is 1. The van der Waals surface area contributed by atoms with Crippen molar-refractivity contribution in [3.8, 4) is 16.9 Å². The van der Waals surface area contributed by atoms with Gasteiger partial charge in [0.1, 0.15) is 17.9 Å². The van der Waals surface area contributed by atoms with Crippen molar-refractivity contribution in [3.05, 3.63) is 66.2 Å². The number of methoxy groups -OCH3 is 1. The summed E-state index contributed by atoms with van der Waals surface area (Å²) in [6.45, 7) is 4.88. The highest BCUT2D eigenvalue weighted by Crippen LogP contribution is 2.34. The average molecular weight is 479 g/mol. The summed E-state index contributed by atoms with van der Waals surface area (Å²) in [6, 6.07) is 17.9. The first-order valence-electron chi connectivity index (χ1n) is 11.2. The molecule has 0 fully saturated rings. The van der Waals surface area contributed by atoms with Crippen LogP contribution in [0.1, 0.15) is 38.8 Å². The van der Waals surface area contributed by atoms with Gasteiger partial charge in [0.05, 0.1) is 19.6 Å². The second kappa shape index (κ2) is 10.9. The number of carbonyl (C=O) groups is 3. The molecule has 2 amide bonds. The van der Waals surface area contributed by atoms with Crippen LogP contribution in [0, 0.1) is 0 Å². The van der Waals surface area contributed by atoms with E-state index in [1.54, 1.807) is 26.8 Å². The van der Waals surface area contributed by atoms with Gasteiger partial charge in [-0.05, 0) is 48.9 Å². The Balaban J connectivity index is 1.77. The minimum atomic E-state index is -0.706. The number of amides is 2. The molecular weight excluding hydrogens is 448 g/mol. The number of phenolic OH excluding ortho intramolecular Hbond substituents is 1. The summed E-state index contributed by atoms with van der Waals surface area (Å²) >= 11 is 0. The van der Waals surface area contributed by atoms with Crippen LogP contribution in [-0.2, 0) is 19.1 Å². The third-order valence-electron chi connectivity index (χ3n) is 5.25. The molecule has 3 rings (SSSR count). The van der Waals surface area contributed by atoms with Crippen molar-refractivity contribution >= 4 is 28.7 Å². The number of nitrogens with one attached hydrogen (secondary N) is 2. The SMILES string of the molecule is COC(=O)C[C@H](NC(=O)CNC(=O)OC(C)(C)C)c1ccc(-c2ccc(O)c3ccccc23)cc1. The molecule has 8 nitrogen and oxygen atoms in total. The van der Waals surface area contributed by atoms with E-state index < -0.39 is 29.6 Å². The van der Waals surface area contributed by atoms with E-state index in [4.69, 9.17) is 9.47 Å². The van der Waals surface area contributed by atoms with Crippen molar-refractivity contribution in [2.24, 2.45) is 0 Å². The summed E-state index contributed by atoms with van der Waals surface area (Å²) < 4.78 is 9.92. The predicted octanol–water partition coefficient (Wildman–Crippen LogP) is 4.46. The van der Waals surface area contributed by atoms with Crippen LogP contribution in [0.15, 0.2) is 60.7 Å². The molecule has 3 aromatic rings. The summed E-state index contributed by atoms with van der Waals surface area (Å²) in [5, 5.41) is 17.0. The van der Waals surface area contributed by atoms with Crippen molar-refractivity contribution in [1.82, 2.24) is 10.6 Å². The van der Waals surface area contributed by atoms with E-state index in [1.165, 1.54) is 7.11 Å². The van der Waals surface area contributed by atoms with Crippen LogP contribution < -0.4 is 10.6 Å². The Bertz CT molecular complexity index is 1210. The maximum atomic E-state index is 12.5. The Kier molecular flexibility index (Phi) is 7.96. The number of benzene rings is 3. The zero-order valence-corrected chi connectivity index (χ0v) is 20.3. The first-order chi connectivity index (χ1) is 16.6. The van der Waals surface area contributed by atoms with E-state index in [0.29, 0.717) is 5.56 Å². The first-order valence-corrected chi connectivity index (χ1v) is 11.2. The molecular formula is C27H30N2O6. The number of rotatable bonds is 7. The van der Waals surface area contributed by atoms with E-state index in [-0.39, 0.29) is 18.7 Å². The second-order valence-electron chi connectivity index (χ2n) is 9.06. The molecule has 0 radical (unpaired) electrons. The van der Waals surface area contributed by atoms with Crippen LogP contribution in [0.5, 0.6) is 5.75 Å². The molecule has 0 heterocycles. The van der Waals surface area contributed by atoms with Gasteiger partial charge in [0.15, 0.2) is 0 Å². The Morgan fingerprint density at radius 1 is 0.943 bits per heavy atom. The molecule has 35 heavy (non-hydrogen) atoms. The number of ether oxygens (including phenoxy) is 2. The van der Waals surface area contributed by atoms with Gasteiger partial charge in [-0.25, -0.2) is 4.79 Å². The lowest BCUT2D eigenvalue weighted by molar-refractivity contribution is -0.141. The largest absolute Gasteiger partial charge is 0.507 e. The molecule has 0 unspecified atom stereocenters. The van der Waals surface area contributed by atoms with Gasteiger partial charge in [0.2, 0.25) is 5.91 Å². The highest BCUT2D eigenvalue weighted by Gasteiger charge is 2.21. The van der Waals surface area contributed by atoms with Crippen molar-refractivity contribution in [2.75, 3.05) is 13.7 Å². The van der Waals surface area contributed by atoms with E-state index in [9.17, 15) is 19.5 Å². The van der Waals surface area contributed by atoms with Crippen molar-refractivity contribution < 1.29 is 29.0 Å². The van der Waals surface area contributed by atoms with Gasteiger partial charge in [0.25, 0.3) is 0 Å². The fraction of sp³-hybridized carbons (Fsp3) is 0.296. The molecule has 0 saturated carbocycles. The molecule has 0 spiro atoms. The summed E-state index contributed by atoms with van der Waals surface area (Å²) in [5.74, 6) is -0.746. The average Bonchev–Trinajstić information content (AvgIpc) is 2.82. The zero-order valence-electron chi connectivity index (χ0n) is 20.3. The first kappa shape index (κ1) is 25.6. The quantitative estimate of drug-likeness (QED) is 0.432. The Morgan fingerprint density at radius 2 is 1.60 bits per heavy atom. The number of hydrogen-bond acceptors (Lipinski definition) is 6. The van der Waals surface area contributed by atoms with Crippen LogP contribution in [0.3, 0.4) is 0 Å². The van der Waals surface area contributed by atoms with Gasteiger partial charge < -0.3 is 25.2 Å². The molecule has 184 valence electrons. The molecule has 0 bridgehead atoms. The lowest BCUT2D eigenvalue weighted by Gasteiger charge is -2.21. The predicted molar refractivity (Wildman–Crippen MR) is 133 cm³/mol. The fourth-order valence-corrected chi connectivity index (χ4v) is 3.64. The van der Waals surface area contributed by atoms with Crippen LogP contribution in [-0.4, -0.2) is 42.3 Å². The maximum absolute atomic E-state index is 12.5. The molecule has 0 aliphatic carbocycles. The molecule has 0 aliphatic heterocycles. The van der Waals surface area contributed by atoms with Gasteiger partial charge in [-0.15, -0.1) is 0 Å². The van der Waals surface area contributed by atoms with E-state index in [2.05, 4.69) is 10.6 Å². The Labute approximate surface area is 204 Å². The van der Waals surface area contributed by atoms with Crippen molar-refractivity contribution in [3.63, 3.8) is 0 Å². The van der Waals surface area contributed by atoms with E-state index in [1.807, 2.05) is 54.6 Å². The van der Waals surface area contributed by atoms with Crippen LogP contribution in [0.25, 0.3) is 21.9 Å². The highest BCUT2D eigenvalue weighted by atomic mass is 16.6. The molecule has 0 saturated heterocycles. The fourth-order valence-electron chi connectivity index (χ4n) is 3.64. The monoisotopic (exact) mass is 478 g/mol. The number of esters is 1. The minimum Gasteiger partial charge on any atom is -0.507 e. The number of aromatic hydroxyl groups is 1. The summed E-state index contributed by atoms with van der Waals surface area (Å²) in [5.41, 5.74) is 1.88. The Hall–Kier alpha value is -4.07. The van der Waals surface area contributed by atoms with Gasteiger partial charge in [-0.2, -0.15) is 0 Å². The zero-order chi connectivity index (χ0) is 25.6. The van der Waals surface area contributed by atoms with E-state index in [0.717, 1.165) is 21.9 Å². The Morgan fingerprint density at radius 3 is 2.23 bits per heavy atom. The number of phenols is 1. The van der Waals surface area contributed by atoms with Crippen LogP contribution >= 0.6 is 0 Å². The van der Waals surface area contributed by atoms with Crippen molar-refractivity contribution in [1.29, 1.82) is 0 Å². The lowest BCUT2D eigenvalue weighted by Crippen LogP contribution is -2.41. The molecule has 3 aromatic carbocycles. The molecule has 1 atom stereocenters. The third kappa shape index (κ3) is 6.96. The second-order valence-corrected chi connectivity index (χ2v) is 9.06. The lowest BCUT2D eigenvalue weighted by atomic mass is 9.95. The summed E-state index contributed by atoms with van der Waals surface area (Å²) in [4.78, 5) is 36.3.